The monoisotopic (exact) mass is 578 g/mol. The number of hydrogen-bond acceptors (Lipinski definition) is 7. The molecule has 4 aliphatic rings. The first-order valence-electron chi connectivity index (χ1n) is 14.7. The van der Waals surface area contributed by atoms with Crippen molar-refractivity contribution < 1.29 is 22.7 Å². The average molecular weight is 579 g/mol. The van der Waals surface area contributed by atoms with Crippen LogP contribution in [0.4, 0.5) is 19.0 Å². The molecule has 0 N–H and O–H groups in total. The number of nitrogens with zero attached hydrogens (tertiary/aromatic N) is 6. The number of hydrogen-bond donors (Lipinski definition) is 0. The minimum atomic E-state index is -0.976. The van der Waals surface area contributed by atoms with Crippen molar-refractivity contribution in [3.63, 3.8) is 0 Å². The summed E-state index contributed by atoms with van der Waals surface area (Å²) in [6.45, 7) is 5.34. The number of pyridine rings is 1. The molecule has 0 spiro atoms. The van der Waals surface area contributed by atoms with Crippen LogP contribution < -0.4 is 9.64 Å². The van der Waals surface area contributed by atoms with Crippen LogP contribution in [0.25, 0.3) is 22.2 Å². The predicted molar refractivity (Wildman–Crippen MR) is 152 cm³/mol. The third kappa shape index (κ3) is 4.40. The van der Waals surface area contributed by atoms with Crippen LogP contribution in [0.3, 0.4) is 0 Å². The topological polar surface area (TPSA) is 74.7 Å². The average Bonchev–Trinajstić information content (AvgIpc) is 3.54. The number of rotatable bonds is 6. The highest BCUT2D eigenvalue weighted by molar-refractivity contribution is 5.94. The van der Waals surface area contributed by atoms with Crippen LogP contribution >= 0.6 is 0 Å². The van der Waals surface area contributed by atoms with E-state index in [0.29, 0.717) is 61.3 Å². The second kappa shape index (κ2) is 10.5. The van der Waals surface area contributed by atoms with Gasteiger partial charge in [-0.25, -0.2) is 13.2 Å². The Kier molecular flexibility index (Phi) is 6.79. The summed E-state index contributed by atoms with van der Waals surface area (Å²) in [7, 11) is 2.05. The maximum absolute atomic E-state index is 16.5. The van der Waals surface area contributed by atoms with Crippen molar-refractivity contribution in [2.75, 3.05) is 38.2 Å². The van der Waals surface area contributed by atoms with Crippen LogP contribution in [-0.2, 0) is 17.6 Å². The lowest BCUT2D eigenvalue weighted by Gasteiger charge is -2.47. The van der Waals surface area contributed by atoms with E-state index >= 15 is 4.39 Å². The van der Waals surface area contributed by atoms with Gasteiger partial charge in [0.1, 0.15) is 29.5 Å². The minimum Gasteiger partial charge on any atom is -0.462 e. The molecule has 0 radical (unpaired) electrons. The Hall–Kier alpha value is -3.73. The van der Waals surface area contributed by atoms with Gasteiger partial charge >= 0.3 is 6.01 Å². The van der Waals surface area contributed by atoms with Crippen LogP contribution in [0.2, 0.25) is 0 Å². The maximum atomic E-state index is 16.5. The van der Waals surface area contributed by atoms with Crippen LogP contribution in [0.15, 0.2) is 30.7 Å². The molecular formula is C31H33F3N6O2. The molecule has 1 unspecified atom stereocenters. The number of fused-ring (bicyclic) bond motifs is 3. The smallest absolute Gasteiger partial charge is 0.319 e. The summed E-state index contributed by atoms with van der Waals surface area (Å²) in [4.78, 5) is 31.9. The molecule has 3 aromatic rings. The van der Waals surface area contributed by atoms with Crippen LogP contribution in [0.5, 0.6) is 6.01 Å². The number of carbonyl (C=O) groups is 1. The zero-order valence-corrected chi connectivity index (χ0v) is 23.6. The molecule has 3 atom stereocenters. The van der Waals surface area contributed by atoms with Gasteiger partial charge in [-0.15, -0.1) is 0 Å². The molecule has 7 rings (SSSR count). The Balaban J connectivity index is 1.29. The molecule has 1 aromatic carbocycles. The van der Waals surface area contributed by atoms with Crippen molar-refractivity contribution >= 4 is 22.6 Å². The van der Waals surface area contributed by atoms with Gasteiger partial charge in [-0.1, -0.05) is 6.58 Å². The number of ether oxygens (including phenoxy) is 1. The molecule has 1 aliphatic carbocycles. The number of amides is 1. The summed E-state index contributed by atoms with van der Waals surface area (Å²) in [6.07, 6.45) is 7.36. The maximum Gasteiger partial charge on any atom is 0.319 e. The number of benzene rings is 1. The first kappa shape index (κ1) is 27.1. The number of anilines is 1. The van der Waals surface area contributed by atoms with E-state index in [0.717, 1.165) is 37.8 Å². The Bertz CT molecular complexity index is 1600. The Morgan fingerprint density at radius 3 is 2.64 bits per heavy atom. The summed E-state index contributed by atoms with van der Waals surface area (Å²) >= 11 is 0. The van der Waals surface area contributed by atoms with Gasteiger partial charge in [0, 0.05) is 30.9 Å². The number of aromatic nitrogens is 3. The molecule has 3 fully saturated rings. The highest BCUT2D eigenvalue weighted by Gasteiger charge is 2.50. The van der Waals surface area contributed by atoms with Gasteiger partial charge in [0.25, 0.3) is 5.91 Å². The largest absolute Gasteiger partial charge is 0.462 e. The Morgan fingerprint density at radius 1 is 1.07 bits per heavy atom. The molecule has 8 nitrogen and oxygen atoms in total. The third-order valence-electron chi connectivity index (χ3n) is 9.51. The molecule has 220 valence electrons. The van der Waals surface area contributed by atoms with Crippen LogP contribution in [-0.4, -0.2) is 82.1 Å². The van der Waals surface area contributed by atoms with Crippen molar-refractivity contribution in [1.29, 1.82) is 0 Å². The Morgan fingerprint density at radius 2 is 1.88 bits per heavy atom. The van der Waals surface area contributed by atoms with Crippen LogP contribution in [0.1, 0.15) is 43.2 Å². The zero-order valence-electron chi connectivity index (χ0n) is 23.6. The van der Waals surface area contributed by atoms with Crippen molar-refractivity contribution in [3.8, 4) is 17.3 Å². The summed E-state index contributed by atoms with van der Waals surface area (Å²) in [6, 6.07) is 2.99. The quantitative estimate of drug-likeness (QED) is 0.396. The van der Waals surface area contributed by atoms with E-state index in [2.05, 4.69) is 21.4 Å². The molecule has 3 saturated heterocycles. The molecule has 2 aromatic heterocycles. The lowest BCUT2D eigenvalue weighted by atomic mass is 9.86. The molecule has 0 saturated carbocycles. The molecule has 11 heteroatoms. The van der Waals surface area contributed by atoms with Gasteiger partial charge in [0.15, 0.2) is 11.6 Å². The standard InChI is InChI=1S/C31H33F3N6O2/c1-17(32)30(41)39-13-11-24-25(39)15-40(24)29-22-14-35-27(21-9-10-23(33)20-8-4-3-7-19(20)21)26(34)28(22)36-31(37-29)42-16-18-6-5-12-38(18)2/h9-10,14,18,24-25H,1,3-8,11-13,15-16H2,2H3/t18-,24?,25+/m0/s1. The zero-order chi connectivity index (χ0) is 29.1. The fourth-order valence-corrected chi connectivity index (χ4v) is 7.17. The van der Waals surface area contributed by atoms with E-state index in [1.54, 1.807) is 12.3 Å². The second-order valence-electron chi connectivity index (χ2n) is 11.8. The van der Waals surface area contributed by atoms with E-state index in [1.807, 2.05) is 11.9 Å². The first-order valence-corrected chi connectivity index (χ1v) is 14.7. The highest BCUT2D eigenvalue weighted by atomic mass is 19.1. The summed E-state index contributed by atoms with van der Waals surface area (Å²) < 4.78 is 50.8. The van der Waals surface area contributed by atoms with Gasteiger partial charge in [-0.3, -0.25) is 9.78 Å². The van der Waals surface area contributed by atoms with E-state index < -0.39 is 17.6 Å². The summed E-state index contributed by atoms with van der Waals surface area (Å²) in [5.74, 6) is -2.06. The fourth-order valence-electron chi connectivity index (χ4n) is 7.17. The number of halogens is 3. The number of likely N-dealkylation sites (tertiary alicyclic amines) is 2. The van der Waals surface area contributed by atoms with Crippen molar-refractivity contribution in [3.05, 3.63) is 53.5 Å². The summed E-state index contributed by atoms with van der Waals surface area (Å²) in [5, 5.41) is 0.427. The SMILES string of the molecule is C=C(F)C(=O)N1CCC2[C@H]1CN2c1nc(OC[C@@H]2CCCN2C)nc2c(F)c(-c3ccc(F)c4c3CCCC4)ncc12. The number of carbonyl (C=O) groups excluding carboxylic acids is 1. The lowest BCUT2D eigenvalue weighted by molar-refractivity contribution is -0.130. The minimum absolute atomic E-state index is 0.0708. The normalized spacial score (nSPS) is 23.6. The molecule has 0 bridgehead atoms. The van der Waals surface area contributed by atoms with E-state index in [1.165, 1.54) is 11.0 Å². The molecule has 42 heavy (non-hydrogen) atoms. The Labute approximate surface area is 242 Å². The van der Waals surface area contributed by atoms with E-state index in [-0.39, 0.29) is 41.2 Å². The fraction of sp³-hybridized carbons (Fsp3) is 0.484. The molecule has 5 heterocycles. The van der Waals surface area contributed by atoms with Crippen molar-refractivity contribution in [1.82, 2.24) is 24.8 Å². The van der Waals surface area contributed by atoms with E-state index in [9.17, 15) is 13.6 Å². The van der Waals surface area contributed by atoms with Crippen LogP contribution in [0, 0.1) is 11.6 Å². The number of likely N-dealkylation sites (N-methyl/N-ethyl adjacent to an activating group) is 1. The van der Waals surface area contributed by atoms with Crippen molar-refractivity contribution in [2.45, 2.75) is 63.1 Å². The lowest BCUT2D eigenvalue weighted by Crippen LogP contribution is -2.63. The third-order valence-corrected chi connectivity index (χ3v) is 9.51. The summed E-state index contributed by atoms with van der Waals surface area (Å²) in [5.41, 5.74) is 2.24. The molecular weight excluding hydrogens is 545 g/mol. The molecule has 1 amide bonds. The van der Waals surface area contributed by atoms with Gasteiger partial charge in [0.2, 0.25) is 0 Å². The first-order chi connectivity index (χ1) is 20.3. The second-order valence-corrected chi connectivity index (χ2v) is 11.8. The van der Waals surface area contributed by atoms with E-state index in [4.69, 9.17) is 9.72 Å². The highest BCUT2D eigenvalue weighted by Crippen LogP contribution is 2.41. The van der Waals surface area contributed by atoms with Gasteiger partial charge in [-0.05, 0) is 81.8 Å². The van der Waals surface area contributed by atoms with Gasteiger partial charge in [-0.2, -0.15) is 9.97 Å². The van der Waals surface area contributed by atoms with Gasteiger partial charge < -0.3 is 19.4 Å². The predicted octanol–water partition coefficient (Wildman–Crippen LogP) is 4.59. The van der Waals surface area contributed by atoms with Gasteiger partial charge in [0.05, 0.1) is 17.5 Å². The molecule has 3 aliphatic heterocycles. The van der Waals surface area contributed by atoms with Crippen molar-refractivity contribution in [2.24, 2.45) is 0 Å².